The minimum absolute atomic E-state index is 0.00674. The molecule has 0 aliphatic heterocycles. The number of halogens is 2. The lowest BCUT2D eigenvalue weighted by molar-refractivity contribution is 0.0933. The van der Waals surface area contributed by atoms with Crippen LogP contribution in [0.5, 0.6) is 0 Å². The zero-order chi connectivity index (χ0) is 19.4. The summed E-state index contributed by atoms with van der Waals surface area (Å²) < 4.78 is 31.5. The second-order valence-electron chi connectivity index (χ2n) is 6.31. The van der Waals surface area contributed by atoms with Crippen molar-refractivity contribution in [1.82, 2.24) is 15.4 Å². The zero-order valence-electron chi connectivity index (χ0n) is 14.9. The maximum absolute atomic E-state index is 13.4. The lowest BCUT2D eigenvalue weighted by atomic mass is 10.1. The number of rotatable bonds is 6. The fourth-order valence-electron chi connectivity index (χ4n) is 2.72. The number of benzene rings is 2. The Labute approximate surface area is 155 Å². The summed E-state index contributed by atoms with van der Waals surface area (Å²) in [6.07, 6.45) is 0. The van der Waals surface area contributed by atoms with E-state index in [1.165, 1.54) is 12.1 Å². The fraction of sp³-hybridized carbons (Fsp3) is 0.200. The summed E-state index contributed by atoms with van der Waals surface area (Å²) in [5, 5.41) is 6.55. The highest BCUT2D eigenvalue weighted by Gasteiger charge is 2.18. The standard InChI is InChI=1S/C20H19F2N3O2/c1-25(2)18(13-6-4-3-5-7-13)12-23-20(26)17-11-19(27-24-17)14-8-9-15(21)16(22)10-14/h3-11,18H,12H2,1-2H3,(H,23,26). The number of hydrogen-bond donors (Lipinski definition) is 1. The Hall–Kier alpha value is -3.06. The maximum atomic E-state index is 13.4. The Morgan fingerprint density at radius 3 is 2.52 bits per heavy atom. The van der Waals surface area contributed by atoms with Gasteiger partial charge >= 0.3 is 0 Å². The minimum Gasteiger partial charge on any atom is -0.355 e. The first-order valence-corrected chi connectivity index (χ1v) is 8.37. The molecule has 140 valence electrons. The second-order valence-corrected chi connectivity index (χ2v) is 6.31. The number of hydrogen-bond acceptors (Lipinski definition) is 4. The number of carbonyl (C=O) groups is 1. The molecule has 3 aromatic rings. The van der Waals surface area contributed by atoms with Crippen LogP contribution in [-0.2, 0) is 0 Å². The van der Waals surface area contributed by atoms with Gasteiger partial charge in [0, 0.05) is 18.2 Å². The molecule has 0 spiro atoms. The van der Waals surface area contributed by atoms with E-state index in [1.54, 1.807) is 0 Å². The van der Waals surface area contributed by atoms with Crippen molar-refractivity contribution in [3.63, 3.8) is 0 Å². The van der Waals surface area contributed by atoms with Crippen LogP contribution in [0.3, 0.4) is 0 Å². The van der Waals surface area contributed by atoms with E-state index in [4.69, 9.17) is 4.52 Å². The first kappa shape index (κ1) is 18.7. The molecule has 3 rings (SSSR count). The third-order valence-corrected chi connectivity index (χ3v) is 4.21. The van der Waals surface area contributed by atoms with Gasteiger partial charge in [0.15, 0.2) is 23.1 Å². The average Bonchev–Trinajstić information content (AvgIpc) is 3.15. The molecule has 1 aromatic heterocycles. The predicted octanol–water partition coefficient (Wildman–Crippen LogP) is 3.65. The van der Waals surface area contributed by atoms with Crippen molar-refractivity contribution in [3.8, 4) is 11.3 Å². The molecule has 0 fully saturated rings. The fourth-order valence-corrected chi connectivity index (χ4v) is 2.72. The third kappa shape index (κ3) is 4.38. The van der Waals surface area contributed by atoms with Gasteiger partial charge in [0.2, 0.25) is 0 Å². The molecule has 5 nitrogen and oxygen atoms in total. The number of likely N-dealkylation sites (N-methyl/N-ethyl adjacent to an activating group) is 1. The Bertz CT molecular complexity index is 926. The molecule has 0 bridgehead atoms. The molecule has 0 saturated carbocycles. The lowest BCUT2D eigenvalue weighted by Gasteiger charge is -2.24. The van der Waals surface area contributed by atoms with Crippen LogP contribution >= 0.6 is 0 Å². The molecule has 2 aromatic carbocycles. The lowest BCUT2D eigenvalue weighted by Crippen LogP contribution is -2.34. The van der Waals surface area contributed by atoms with Gasteiger partial charge in [-0.1, -0.05) is 35.5 Å². The monoisotopic (exact) mass is 371 g/mol. The third-order valence-electron chi connectivity index (χ3n) is 4.21. The van der Waals surface area contributed by atoms with Crippen molar-refractivity contribution < 1.29 is 18.1 Å². The van der Waals surface area contributed by atoms with E-state index in [0.29, 0.717) is 12.1 Å². The Morgan fingerprint density at radius 2 is 1.85 bits per heavy atom. The molecular weight excluding hydrogens is 352 g/mol. The van der Waals surface area contributed by atoms with Gasteiger partial charge in [-0.15, -0.1) is 0 Å². The molecular formula is C20H19F2N3O2. The van der Waals surface area contributed by atoms with E-state index in [-0.39, 0.29) is 17.5 Å². The van der Waals surface area contributed by atoms with Crippen molar-refractivity contribution in [2.75, 3.05) is 20.6 Å². The Kier molecular flexibility index (Phi) is 5.61. The summed E-state index contributed by atoms with van der Waals surface area (Å²) in [5.74, 6) is -2.17. The molecule has 1 atom stereocenters. The normalized spacial score (nSPS) is 12.2. The molecule has 1 N–H and O–H groups in total. The summed E-state index contributed by atoms with van der Waals surface area (Å²) >= 11 is 0. The molecule has 0 aliphatic carbocycles. The molecule has 1 heterocycles. The van der Waals surface area contributed by atoms with Gasteiger partial charge in [-0.2, -0.15) is 0 Å². The van der Waals surface area contributed by atoms with Gasteiger partial charge in [0.05, 0.1) is 6.04 Å². The summed E-state index contributed by atoms with van der Waals surface area (Å²) in [5.41, 5.74) is 1.45. The number of nitrogens with one attached hydrogen (secondary N) is 1. The van der Waals surface area contributed by atoms with Crippen LogP contribution in [-0.4, -0.2) is 36.6 Å². The number of nitrogens with zero attached hydrogens (tertiary/aromatic N) is 2. The summed E-state index contributed by atoms with van der Waals surface area (Å²) in [6, 6.07) is 14.6. The molecule has 7 heteroatoms. The molecule has 0 saturated heterocycles. The summed E-state index contributed by atoms with van der Waals surface area (Å²) in [4.78, 5) is 14.4. The van der Waals surface area contributed by atoms with E-state index in [2.05, 4.69) is 10.5 Å². The van der Waals surface area contributed by atoms with E-state index in [1.807, 2.05) is 49.3 Å². The van der Waals surface area contributed by atoms with Crippen LogP contribution in [0, 0.1) is 11.6 Å². The zero-order valence-corrected chi connectivity index (χ0v) is 14.9. The first-order valence-electron chi connectivity index (χ1n) is 8.37. The van der Waals surface area contributed by atoms with E-state index in [0.717, 1.165) is 17.7 Å². The summed E-state index contributed by atoms with van der Waals surface area (Å²) in [7, 11) is 3.86. The second kappa shape index (κ2) is 8.09. The Balaban J connectivity index is 1.69. The van der Waals surface area contributed by atoms with Crippen molar-refractivity contribution in [3.05, 3.63) is 77.5 Å². The molecule has 0 aliphatic rings. The highest BCUT2D eigenvalue weighted by atomic mass is 19.2. The molecule has 27 heavy (non-hydrogen) atoms. The molecule has 0 radical (unpaired) electrons. The van der Waals surface area contributed by atoms with E-state index >= 15 is 0 Å². The van der Waals surface area contributed by atoms with Gasteiger partial charge in [0.25, 0.3) is 5.91 Å². The van der Waals surface area contributed by atoms with Gasteiger partial charge in [-0.3, -0.25) is 4.79 Å². The van der Waals surface area contributed by atoms with Crippen LogP contribution in [0.4, 0.5) is 8.78 Å². The van der Waals surface area contributed by atoms with Gasteiger partial charge in [-0.25, -0.2) is 8.78 Å². The topological polar surface area (TPSA) is 58.4 Å². The van der Waals surface area contributed by atoms with Crippen molar-refractivity contribution in [2.45, 2.75) is 6.04 Å². The van der Waals surface area contributed by atoms with Crippen LogP contribution in [0.2, 0.25) is 0 Å². The Morgan fingerprint density at radius 1 is 1.11 bits per heavy atom. The largest absolute Gasteiger partial charge is 0.355 e. The van der Waals surface area contributed by atoms with Gasteiger partial charge < -0.3 is 14.7 Å². The van der Waals surface area contributed by atoms with Crippen LogP contribution in [0.25, 0.3) is 11.3 Å². The number of carbonyl (C=O) groups excluding carboxylic acids is 1. The van der Waals surface area contributed by atoms with E-state index in [9.17, 15) is 13.6 Å². The van der Waals surface area contributed by atoms with Crippen molar-refractivity contribution in [1.29, 1.82) is 0 Å². The first-order chi connectivity index (χ1) is 13.0. The van der Waals surface area contributed by atoms with Gasteiger partial charge in [-0.05, 0) is 37.9 Å². The SMILES string of the molecule is CN(C)C(CNC(=O)c1cc(-c2ccc(F)c(F)c2)on1)c1ccccc1. The van der Waals surface area contributed by atoms with Crippen molar-refractivity contribution >= 4 is 5.91 Å². The van der Waals surface area contributed by atoms with Crippen molar-refractivity contribution in [2.24, 2.45) is 0 Å². The summed E-state index contributed by atoms with van der Waals surface area (Å²) in [6.45, 7) is 0.378. The van der Waals surface area contributed by atoms with Crippen LogP contribution in [0.15, 0.2) is 59.1 Å². The molecule has 1 amide bonds. The molecule has 1 unspecified atom stereocenters. The van der Waals surface area contributed by atoms with E-state index < -0.39 is 17.5 Å². The quantitative estimate of drug-likeness (QED) is 0.719. The predicted molar refractivity (Wildman–Crippen MR) is 97.1 cm³/mol. The highest BCUT2D eigenvalue weighted by Crippen LogP contribution is 2.22. The maximum Gasteiger partial charge on any atom is 0.273 e. The van der Waals surface area contributed by atoms with Crippen LogP contribution < -0.4 is 5.32 Å². The highest BCUT2D eigenvalue weighted by molar-refractivity contribution is 5.93. The average molecular weight is 371 g/mol. The van der Waals surface area contributed by atoms with Crippen LogP contribution in [0.1, 0.15) is 22.1 Å². The minimum atomic E-state index is -0.994. The van der Waals surface area contributed by atoms with Gasteiger partial charge in [0.1, 0.15) is 0 Å². The number of amides is 1. The smallest absolute Gasteiger partial charge is 0.273 e. The number of aromatic nitrogens is 1.